The monoisotopic (exact) mass is 488 g/mol. The number of nitrogens with two attached hydrogens (primary N) is 1. The van der Waals surface area contributed by atoms with Gasteiger partial charge in [-0.25, -0.2) is 4.79 Å². The fraction of sp³-hybridized carbons (Fsp3) is 0.333. The zero-order chi connectivity index (χ0) is 24.6. The second-order valence-corrected chi connectivity index (χ2v) is 8.87. The number of fused-ring (bicyclic) bond motifs is 1. The van der Waals surface area contributed by atoms with Crippen LogP contribution in [0, 0.1) is 0 Å². The van der Waals surface area contributed by atoms with Crippen molar-refractivity contribution in [2.75, 3.05) is 12.4 Å². The molecule has 2 aromatic carbocycles. The molecule has 1 saturated heterocycles. The summed E-state index contributed by atoms with van der Waals surface area (Å²) >= 11 is 6.46. The highest BCUT2D eigenvalue weighted by atomic mass is 35.5. The number of halogens is 1. The van der Waals surface area contributed by atoms with Gasteiger partial charge in [0.05, 0.1) is 11.6 Å². The van der Waals surface area contributed by atoms with Crippen molar-refractivity contribution in [1.82, 2.24) is 0 Å². The van der Waals surface area contributed by atoms with E-state index in [1.54, 1.807) is 56.3 Å². The van der Waals surface area contributed by atoms with Crippen LogP contribution in [0.3, 0.4) is 0 Å². The van der Waals surface area contributed by atoms with E-state index in [0.29, 0.717) is 10.9 Å². The predicted molar refractivity (Wildman–Crippen MR) is 126 cm³/mol. The third-order valence-corrected chi connectivity index (χ3v) is 6.07. The number of hydrogen-bond acceptors (Lipinski definition) is 8. The number of hydrogen-bond donors (Lipinski definition) is 3. The molecular weight excluding hydrogens is 464 g/mol. The van der Waals surface area contributed by atoms with E-state index in [0.717, 1.165) is 0 Å². The van der Waals surface area contributed by atoms with Gasteiger partial charge < -0.3 is 34.8 Å². The minimum Gasteiger partial charge on any atom is -0.460 e. The molecule has 4 N–H and O–H groups in total. The summed E-state index contributed by atoms with van der Waals surface area (Å²) in [5, 5.41) is 13.6. The fourth-order valence-electron chi connectivity index (χ4n) is 4.01. The van der Waals surface area contributed by atoms with Crippen LogP contribution in [0.5, 0.6) is 5.75 Å². The standard InChI is InChI=1S/C24H25ClN2O7/c1-24(2)20(31-3)17(26)18(28)23(34-24)32-15-10-9-13-11-14(22(30)33-19(13)16(15)25)27-21(29)12-7-5-4-6-8-12/h4-11,17-18,20,23,28H,26H2,1-3H3,(H,27,29)/t17-,18+,20+,23+/m0/s1. The maximum atomic E-state index is 12.5. The Hall–Kier alpha value is -2.95. The van der Waals surface area contributed by atoms with Crippen molar-refractivity contribution in [1.29, 1.82) is 0 Å². The number of aliphatic hydroxyl groups is 1. The summed E-state index contributed by atoms with van der Waals surface area (Å²) in [7, 11) is 1.49. The number of carbonyl (C=O) groups is 1. The highest BCUT2D eigenvalue weighted by molar-refractivity contribution is 6.36. The Morgan fingerprint density at radius 1 is 1.21 bits per heavy atom. The number of rotatable bonds is 5. The molecule has 34 heavy (non-hydrogen) atoms. The van der Waals surface area contributed by atoms with Gasteiger partial charge in [-0.3, -0.25) is 4.79 Å². The average molecular weight is 489 g/mol. The van der Waals surface area contributed by atoms with Crippen LogP contribution >= 0.6 is 11.6 Å². The lowest BCUT2D eigenvalue weighted by Crippen LogP contribution is -2.66. The first-order chi connectivity index (χ1) is 16.1. The maximum absolute atomic E-state index is 12.5. The Bertz CT molecular complexity index is 1260. The van der Waals surface area contributed by atoms with E-state index in [1.165, 1.54) is 13.2 Å². The molecule has 1 fully saturated rings. The van der Waals surface area contributed by atoms with Crippen molar-refractivity contribution in [3.63, 3.8) is 0 Å². The van der Waals surface area contributed by atoms with E-state index < -0.39 is 41.7 Å². The van der Waals surface area contributed by atoms with Crippen molar-refractivity contribution in [3.8, 4) is 5.75 Å². The van der Waals surface area contributed by atoms with Crippen LogP contribution in [0.2, 0.25) is 5.02 Å². The van der Waals surface area contributed by atoms with Gasteiger partial charge in [0.15, 0.2) is 5.58 Å². The molecule has 4 rings (SSSR count). The van der Waals surface area contributed by atoms with E-state index in [2.05, 4.69) is 5.32 Å². The molecule has 1 amide bonds. The summed E-state index contributed by atoms with van der Waals surface area (Å²) in [4.78, 5) is 24.9. The van der Waals surface area contributed by atoms with Gasteiger partial charge in [0.25, 0.3) is 5.91 Å². The van der Waals surface area contributed by atoms with E-state index in [1.807, 2.05) is 0 Å². The number of amides is 1. The zero-order valence-electron chi connectivity index (χ0n) is 18.8. The number of nitrogens with one attached hydrogen (secondary N) is 1. The highest BCUT2D eigenvalue weighted by Crippen LogP contribution is 2.37. The van der Waals surface area contributed by atoms with Crippen LogP contribution in [0.25, 0.3) is 11.0 Å². The first-order valence-electron chi connectivity index (χ1n) is 10.6. The van der Waals surface area contributed by atoms with E-state index >= 15 is 0 Å². The number of carbonyl (C=O) groups excluding carboxylic acids is 1. The largest absolute Gasteiger partial charge is 0.460 e. The van der Waals surface area contributed by atoms with Crippen molar-refractivity contribution >= 4 is 34.2 Å². The lowest BCUT2D eigenvalue weighted by Gasteiger charge is -2.47. The smallest absolute Gasteiger partial charge is 0.360 e. The zero-order valence-corrected chi connectivity index (χ0v) is 19.5. The van der Waals surface area contributed by atoms with E-state index in [4.69, 9.17) is 36.0 Å². The summed E-state index contributed by atoms with van der Waals surface area (Å²) in [6.07, 6.45) is -2.90. The Balaban J connectivity index is 1.60. The maximum Gasteiger partial charge on any atom is 0.360 e. The summed E-state index contributed by atoms with van der Waals surface area (Å²) in [6.45, 7) is 3.55. The first-order valence-corrected chi connectivity index (χ1v) is 10.9. The molecule has 4 atom stereocenters. The van der Waals surface area contributed by atoms with Crippen molar-refractivity contribution in [2.24, 2.45) is 5.73 Å². The Labute approximate surface area is 200 Å². The SMILES string of the molecule is CO[C@@H]1[C@@H](N)[C@@H](O)[C@H](Oc2ccc3cc(NC(=O)c4ccccc4)c(=O)oc3c2Cl)OC1(C)C. The van der Waals surface area contributed by atoms with Gasteiger partial charge >= 0.3 is 5.63 Å². The molecule has 1 aromatic heterocycles. The number of ether oxygens (including phenoxy) is 3. The van der Waals surface area contributed by atoms with Gasteiger partial charge in [0.2, 0.25) is 6.29 Å². The third kappa shape index (κ3) is 4.53. The van der Waals surface area contributed by atoms with Crippen molar-refractivity contribution < 1.29 is 28.5 Å². The highest BCUT2D eigenvalue weighted by Gasteiger charge is 2.49. The molecular formula is C24H25ClN2O7. The van der Waals surface area contributed by atoms with Crippen LogP contribution in [0.1, 0.15) is 24.2 Å². The molecule has 2 heterocycles. The summed E-state index contributed by atoms with van der Waals surface area (Å²) in [5.41, 5.74) is 4.93. The van der Waals surface area contributed by atoms with Crippen molar-refractivity contribution in [2.45, 2.75) is 44.0 Å². The third-order valence-electron chi connectivity index (χ3n) is 5.72. The topological polar surface area (TPSA) is 133 Å². The van der Waals surface area contributed by atoms with E-state index in [-0.39, 0.29) is 22.0 Å². The lowest BCUT2D eigenvalue weighted by atomic mass is 9.88. The summed E-state index contributed by atoms with van der Waals surface area (Å²) in [5.74, 6) is -0.323. The molecule has 1 aliphatic heterocycles. The Morgan fingerprint density at radius 2 is 1.91 bits per heavy atom. The van der Waals surface area contributed by atoms with Gasteiger partial charge in [-0.15, -0.1) is 0 Å². The van der Waals surface area contributed by atoms with Crippen molar-refractivity contribution in [3.05, 3.63) is 69.5 Å². The minimum atomic E-state index is -1.20. The number of benzene rings is 2. The second-order valence-electron chi connectivity index (χ2n) is 8.50. The predicted octanol–water partition coefficient (Wildman–Crippen LogP) is 2.92. The van der Waals surface area contributed by atoms with Crippen LogP contribution in [0.4, 0.5) is 5.69 Å². The Kier molecular flexibility index (Phi) is 6.66. The van der Waals surface area contributed by atoms with Crippen LogP contribution < -0.4 is 21.4 Å². The average Bonchev–Trinajstić information content (AvgIpc) is 2.80. The molecule has 180 valence electrons. The first kappa shape index (κ1) is 24.2. The van der Waals surface area contributed by atoms with Crippen LogP contribution in [0.15, 0.2) is 57.7 Å². The molecule has 1 aliphatic rings. The minimum absolute atomic E-state index is 0.00609. The molecule has 0 saturated carbocycles. The van der Waals surface area contributed by atoms with Gasteiger partial charge in [-0.05, 0) is 44.2 Å². The van der Waals surface area contributed by atoms with Crippen LogP contribution in [-0.2, 0) is 9.47 Å². The van der Waals surface area contributed by atoms with Gasteiger partial charge in [0, 0.05) is 18.1 Å². The Morgan fingerprint density at radius 3 is 2.59 bits per heavy atom. The number of anilines is 1. The quantitative estimate of drug-likeness (QED) is 0.467. The molecule has 0 radical (unpaired) electrons. The molecule has 3 aromatic rings. The molecule has 0 aliphatic carbocycles. The molecule has 9 nitrogen and oxygen atoms in total. The van der Waals surface area contributed by atoms with E-state index in [9.17, 15) is 14.7 Å². The van der Waals surface area contributed by atoms with Crippen LogP contribution in [-0.4, -0.2) is 48.3 Å². The molecule has 10 heteroatoms. The summed E-state index contributed by atoms with van der Waals surface area (Å²) in [6, 6.07) is 12.3. The normalized spacial score (nSPS) is 24.1. The molecule has 0 unspecified atom stereocenters. The number of aliphatic hydroxyl groups excluding tert-OH is 1. The second kappa shape index (κ2) is 9.36. The van der Waals surface area contributed by atoms with Gasteiger partial charge in [0.1, 0.15) is 28.7 Å². The van der Waals surface area contributed by atoms with Gasteiger partial charge in [-0.1, -0.05) is 29.8 Å². The summed E-state index contributed by atoms with van der Waals surface area (Å²) < 4.78 is 22.5. The lowest BCUT2D eigenvalue weighted by molar-refractivity contribution is -0.278. The molecule has 0 spiro atoms. The van der Waals surface area contributed by atoms with Gasteiger partial charge in [-0.2, -0.15) is 0 Å². The number of methoxy groups -OCH3 is 1. The molecule has 0 bridgehead atoms. The fourth-order valence-corrected chi connectivity index (χ4v) is 4.27.